The number of rotatable bonds is 9. The fraction of sp³-hybridized carbons (Fsp3) is 1.00. The van der Waals surface area contributed by atoms with Crippen molar-refractivity contribution in [2.75, 3.05) is 26.2 Å². The summed E-state index contributed by atoms with van der Waals surface area (Å²) in [5, 5.41) is 7.00. The van der Waals surface area contributed by atoms with Gasteiger partial charge in [-0.2, -0.15) is 0 Å². The molecule has 0 aromatic rings. The van der Waals surface area contributed by atoms with Crippen LogP contribution in [-0.2, 0) is 0 Å². The predicted molar refractivity (Wildman–Crippen MR) is 71.8 cm³/mol. The topological polar surface area (TPSA) is 24.1 Å². The average molecular weight is 226 g/mol. The predicted octanol–water partition coefficient (Wildman–Crippen LogP) is 2.94. The molecule has 0 bridgehead atoms. The Morgan fingerprint density at radius 2 is 1.56 bits per heavy atom. The normalized spacial score (nSPS) is 17.8. The summed E-state index contributed by atoms with van der Waals surface area (Å²) >= 11 is 0. The summed E-state index contributed by atoms with van der Waals surface area (Å²) in [5.74, 6) is 1.03. The molecule has 96 valence electrons. The summed E-state index contributed by atoms with van der Waals surface area (Å²) in [6, 6.07) is 0. The van der Waals surface area contributed by atoms with Crippen molar-refractivity contribution in [3.8, 4) is 0 Å². The highest BCUT2D eigenvalue weighted by Crippen LogP contribution is 2.25. The van der Waals surface area contributed by atoms with Gasteiger partial charge in [0.05, 0.1) is 0 Å². The first kappa shape index (κ1) is 14.0. The van der Waals surface area contributed by atoms with Crippen LogP contribution < -0.4 is 10.6 Å². The fourth-order valence-electron chi connectivity index (χ4n) is 2.55. The molecule has 0 saturated heterocycles. The van der Waals surface area contributed by atoms with Crippen molar-refractivity contribution in [2.24, 2.45) is 5.92 Å². The van der Waals surface area contributed by atoms with Crippen LogP contribution in [0.3, 0.4) is 0 Å². The second kappa shape index (κ2) is 10.1. The fourth-order valence-corrected chi connectivity index (χ4v) is 2.55. The van der Waals surface area contributed by atoms with Gasteiger partial charge in [-0.25, -0.2) is 0 Å². The van der Waals surface area contributed by atoms with E-state index in [4.69, 9.17) is 0 Å². The number of hydrogen-bond donors (Lipinski definition) is 2. The van der Waals surface area contributed by atoms with Gasteiger partial charge in [0.1, 0.15) is 0 Å². The highest BCUT2D eigenvalue weighted by atomic mass is 14.9. The maximum atomic E-state index is 3.57. The summed E-state index contributed by atoms with van der Waals surface area (Å²) in [5.41, 5.74) is 0. The van der Waals surface area contributed by atoms with E-state index in [1.807, 2.05) is 0 Å². The van der Waals surface area contributed by atoms with E-state index in [1.165, 1.54) is 77.5 Å². The number of hydrogen-bond acceptors (Lipinski definition) is 2. The van der Waals surface area contributed by atoms with Gasteiger partial charge < -0.3 is 10.6 Å². The summed E-state index contributed by atoms with van der Waals surface area (Å²) < 4.78 is 0. The molecule has 0 heterocycles. The van der Waals surface area contributed by atoms with Crippen LogP contribution in [0.4, 0.5) is 0 Å². The Hall–Kier alpha value is -0.0800. The Morgan fingerprint density at radius 3 is 2.25 bits per heavy atom. The highest BCUT2D eigenvalue weighted by Gasteiger charge is 2.12. The van der Waals surface area contributed by atoms with Crippen LogP contribution in [-0.4, -0.2) is 26.2 Å². The molecule has 0 atom stereocenters. The zero-order valence-corrected chi connectivity index (χ0v) is 11.1. The molecule has 2 N–H and O–H groups in total. The minimum atomic E-state index is 1.03. The van der Waals surface area contributed by atoms with Crippen molar-refractivity contribution in [1.82, 2.24) is 10.6 Å². The maximum Gasteiger partial charge on any atom is -0.00368 e. The molecule has 0 radical (unpaired) electrons. The lowest BCUT2D eigenvalue weighted by Gasteiger charge is -2.21. The average Bonchev–Trinajstić information content (AvgIpc) is 2.34. The van der Waals surface area contributed by atoms with Crippen LogP contribution in [0, 0.1) is 5.92 Å². The standard InChI is InChI=1S/C14H30N2/c1-2-10-15-11-6-12-16-13-9-14-7-4-3-5-8-14/h14-16H,2-13H2,1H3. The van der Waals surface area contributed by atoms with E-state index in [0.717, 1.165) is 5.92 Å². The van der Waals surface area contributed by atoms with Gasteiger partial charge in [-0.15, -0.1) is 0 Å². The van der Waals surface area contributed by atoms with E-state index in [1.54, 1.807) is 0 Å². The summed E-state index contributed by atoms with van der Waals surface area (Å²) in [6.07, 6.45) is 11.3. The first-order valence-corrected chi connectivity index (χ1v) is 7.35. The van der Waals surface area contributed by atoms with Crippen molar-refractivity contribution in [2.45, 2.75) is 58.3 Å². The van der Waals surface area contributed by atoms with E-state index in [-0.39, 0.29) is 0 Å². The lowest BCUT2D eigenvalue weighted by Crippen LogP contribution is -2.24. The van der Waals surface area contributed by atoms with Gasteiger partial charge in [-0.1, -0.05) is 39.0 Å². The van der Waals surface area contributed by atoms with Gasteiger partial charge in [0.25, 0.3) is 0 Å². The minimum Gasteiger partial charge on any atom is -0.317 e. The van der Waals surface area contributed by atoms with E-state index < -0.39 is 0 Å². The lowest BCUT2D eigenvalue weighted by atomic mass is 9.87. The molecule has 0 unspecified atom stereocenters. The van der Waals surface area contributed by atoms with Crippen molar-refractivity contribution in [3.05, 3.63) is 0 Å². The van der Waals surface area contributed by atoms with Gasteiger partial charge in [-0.3, -0.25) is 0 Å². The molecular formula is C14H30N2. The third-order valence-electron chi connectivity index (χ3n) is 3.59. The van der Waals surface area contributed by atoms with Crippen LogP contribution >= 0.6 is 0 Å². The molecule has 1 aliphatic rings. The van der Waals surface area contributed by atoms with Gasteiger partial charge in [0.2, 0.25) is 0 Å². The van der Waals surface area contributed by atoms with Crippen molar-refractivity contribution >= 4 is 0 Å². The Balaban J connectivity index is 1.77. The van der Waals surface area contributed by atoms with E-state index in [9.17, 15) is 0 Å². The third kappa shape index (κ3) is 7.24. The molecule has 0 aromatic heterocycles. The van der Waals surface area contributed by atoms with Crippen LogP contribution in [0.15, 0.2) is 0 Å². The van der Waals surface area contributed by atoms with E-state index in [2.05, 4.69) is 17.6 Å². The third-order valence-corrected chi connectivity index (χ3v) is 3.59. The van der Waals surface area contributed by atoms with Crippen molar-refractivity contribution in [1.29, 1.82) is 0 Å². The molecule has 0 spiro atoms. The van der Waals surface area contributed by atoms with Crippen LogP contribution in [0.5, 0.6) is 0 Å². The van der Waals surface area contributed by atoms with Gasteiger partial charge >= 0.3 is 0 Å². The second-order valence-electron chi connectivity index (χ2n) is 5.15. The Morgan fingerprint density at radius 1 is 0.875 bits per heavy atom. The quantitative estimate of drug-likeness (QED) is 0.591. The van der Waals surface area contributed by atoms with E-state index >= 15 is 0 Å². The molecule has 16 heavy (non-hydrogen) atoms. The van der Waals surface area contributed by atoms with Crippen LogP contribution in [0.25, 0.3) is 0 Å². The molecule has 1 saturated carbocycles. The molecule has 0 aliphatic heterocycles. The Kier molecular flexibility index (Phi) is 8.83. The van der Waals surface area contributed by atoms with Crippen molar-refractivity contribution < 1.29 is 0 Å². The maximum absolute atomic E-state index is 3.57. The first-order valence-electron chi connectivity index (χ1n) is 7.35. The summed E-state index contributed by atoms with van der Waals surface area (Å²) in [6.45, 7) is 6.98. The second-order valence-corrected chi connectivity index (χ2v) is 5.15. The molecule has 2 heteroatoms. The molecule has 0 amide bonds. The first-order chi connectivity index (χ1) is 7.93. The number of nitrogens with one attached hydrogen (secondary N) is 2. The SMILES string of the molecule is CCCNCCCNCCC1CCCCC1. The zero-order chi connectivity index (χ0) is 11.5. The molecule has 1 rings (SSSR count). The molecule has 1 fully saturated rings. The van der Waals surface area contributed by atoms with Crippen LogP contribution in [0.1, 0.15) is 58.3 Å². The molecule has 0 aromatic carbocycles. The summed E-state index contributed by atoms with van der Waals surface area (Å²) in [7, 11) is 0. The molecule has 1 aliphatic carbocycles. The highest BCUT2D eigenvalue weighted by molar-refractivity contribution is 4.66. The van der Waals surface area contributed by atoms with Crippen molar-refractivity contribution in [3.63, 3.8) is 0 Å². The summed E-state index contributed by atoms with van der Waals surface area (Å²) in [4.78, 5) is 0. The van der Waals surface area contributed by atoms with Gasteiger partial charge in [-0.05, 0) is 51.4 Å². The van der Waals surface area contributed by atoms with Gasteiger partial charge in [0.15, 0.2) is 0 Å². The molecular weight excluding hydrogens is 196 g/mol. The minimum absolute atomic E-state index is 1.03. The Bertz CT molecular complexity index is 142. The lowest BCUT2D eigenvalue weighted by molar-refractivity contribution is 0.334. The Labute approximate surface area is 102 Å². The van der Waals surface area contributed by atoms with Crippen LogP contribution in [0.2, 0.25) is 0 Å². The van der Waals surface area contributed by atoms with Gasteiger partial charge in [0, 0.05) is 0 Å². The largest absolute Gasteiger partial charge is 0.317 e. The monoisotopic (exact) mass is 226 g/mol. The molecule has 2 nitrogen and oxygen atoms in total. The smallest absolute Gasteiger partial charge is 0.00368 e. The van der Waals surface area contributed by atoms with E-state index in [0.29, 0.717) is 0 Å². The zero-order valence-electron chi connectivity index (χ0n) is 11.1.